The van der Waals surface area contributed by atoms with Crippen molar-refractivity contribution in [3.63, 3.8) is 0 Å². The summed E-state index contributed by atoms with van der Waals surface area (Å²) in [4.78, 5) is 9.85. The summed E-state index contributed by atoms with van der Waals surface area (Å²) in [5.74, 6) is 0. The van der Waals surface area contributed by atoms with Crippen LogP contribution in [0.3, 0.4) is 0 Å². The van der Waals surface area contributed by atoms with Crippen molar-refractivity contribution >= 4 is 6.29 Å². The van der Waals surface area contributed by atoms with E-state index in [9.17, 15) is 4.79 Å². The van der Waals surface area contributed by atoms with E-state index in [4.69, 9.17) is 0 Å². The minimum atomic E-state index is 0. The van der Waals surface area contributed by atoms with Gasteiger partial charge in [0.1, 0.15) is 0 Å². The molecule has 0 saturated carbocycles. The van der Waals surface area contributed by atoms with Gasteiger partial charge >= 0.3 is 0 Å². The summed E-state index contributed by atoms with van der Waals surface area (Å²) < 4.78 is 0. The van der Waals surface area contributed by atoms with Crippen LogP contribution in [0.5, 0.6) is 0 Å². The van der Waals surface area contributed by atoms with E-state index in [-0.39, 0.29) is 40.1 Å². The Balaban J connectivity index is 0. The molecule has 1 aromatic rings. The standard InChI is InChI=1S/C8H7O.CH3.Y/c9-7-6-8-4-2-1-3-5-8;;/h1-5H,6H2;1H3;/q2*-1;. The first-order valence-electron chi connectivity index (χ1n) is 2.82. The second-order valence-corrected chi connectivity index (χ2v) is 1.81. The zero-order valence-corrected chi connectivity index (χ0v) is 9.42. The fourth-order valence-electron chi connectivity index (χ4n) is 0.679. The number of hydrogen-bond acceptors (Lipinski definition) is 1. The van der Waals surface area contributed by atoms with E-state index in [1.807, 2.05) is 36.6 Å². The van der Waals surface area contributed by atoms with Gasteiger partial charge in [0.15, 0.2) is 0 Å². The zero-order chi connectivity index (χ0) is 6.53. The largest absolute Gasteiger partial charge is 0.541 e. The molecule has 1 radical (unpaired) electrons. The van der Waals surface area contributed by atoms with Crippen LogP contribution in [0.2, 0.25) is 0 Å². The van der Waals surface area contributed by atoms with E-state index in [0.29, 0.717) is 6.42 Å². The molecule has 1 nitrogen and oxygen atoms in total. The summed E-state index contributed by atoms with van der Waals surface area (Å²) in [5, 5.41) is 0. The summed E-state index contributed by atoms with van der Waals surface area (Å²) in [6, 6.07) is 9.56. The Kier molecular flexibility index (Phi) is 9.99. The number of carbonyl (C=O) groups excluding carboxylic acids is 1. The Hall–Kier alpha value is -0.00610. The van der Waals surface area contributed by atoms with Crippen LogP contribution in [-0.2, 0) is 43.9 Å². The van der Waals surface area contributed by atoms with Crippen molar-refractivity contribution in [3.05, 3.63) is 43.3 Å². The van der Waals surface area contributed by atoms with Crippen molar-refractivity contribution in [1.29, 1.82) is 0 Å². The number of rotatable bonds is 2. The van der Waals surface area contributed by atoms with Gasteiger partial charge in [-0.1, -0.05) is 35.9 Å². The monoisotopic (exact) mass is 223 g/mol. The quantitative estimate of drug-likeness (QED) is 0.698. The van der Waals surface area contributed by atoms with Crippen LogP contribution >= 0.6 is 0 Å². The first kappa shape index (κ1) is 13.6. The molecular weight excluding hydrogens is 213 g/mol. The average molecular weight is 223 g/mol. The minimum Gasteiger partial charge on any atom is -0.541 e. The van der Waals surface area contributed by atoms with Crippen molar-refractivity contribution in [1.82, 2.24) is 0 Å². The van der Waals surface area contributed by atoms with Crippen molar-refractivity contribution in [3.8, 4) is 0 Å². The van der Waals surface area contributed by atoms with E-state index in [0.717, 1.165) is 5.56 Å². The van der Waals surface area contributed by atoms with E-state index in [2.05, 4.69) is 0 Å². The van der Waals surface area contributed by atoms with Gasteiger partial charge in [-0.25, -0.2) is 0 Å². The van der Waals surface area contributed by atoms with Crippen LogP contribution in [0.25, 0.3) is 0 Å². The SMILES string of the molecule is O=[C-]Cc1ccccc1.[CH3-].[Y]. The fourth-order valence-corrected chi connectivity index (χ4v) is 0.679. The van der Waals surface area contributed by atoms with E-state index in [1.165, 1.54) is 0 Å². The topological polar surface area (TPSA) is 17.1 Å². The van der Waals surface area contributed by atoms with Crippen molar-refractivity contribution in [2.45, 2.75) is 6.42 Å². The molecule has 0 fully saturated rings. The van der Waals surface area contributed by atoms with E-state index in [1.54, 1.807) is 0 Å². The van der Waals surface area contributed by atoms with E-state index < -0.39 is 0 Å². The fraction of sp³-hybridized carbons (Fsp3) is 0.111. The molecule has 0 amide bonds. The maximum Gasteiger partial charge on any atom is 0 e. The smallest absolute Gasteiger partial charge is 0 e. The molecule has 0 atom stereocenters. The second kappa shape index (κ2) is 8.09. The molecule has 57 valence electrons. The van der Waals surface area contributed by atoms with Crippen LogP contribution in [0.1, 0.15) is 5.56 Å². The zero-order valence-electron chi connectivity index (χ0n) is 6.58. The summed E-state index contributed by atoms with van der Waals surface area (Å²) in [7, 11) is 0. The molecule has 2 heteroatoms. The van der Waals surface area contributed by atoms with Crippen LogP contribution < -0.4 is 0 Å². The van der Waals surface area contributed by atoms with Gasteiger partial charge in [-0.2, -0.15) is 0 Å². The Bertz CT molecular complexity index is 184. The molecule has 0 heterocycles. The van der Waals surface area contributed by atoms with Crippen LogP contribution in [0.4, 0.5) is 0 Å². The Morgan fingerprint density at radius 1 is 1.18 bits per heavy atom. The Morgan fingerprint density at radius 3 is 2.18 bits per heavy atom. The van der Waals surface area contributed by atoms with Gasteiger partial charge in [0.2, 0.25) is 0 Å². The molecule has 0 bridgehead atoms. The third-order valence-corrected chi connectivity index (χ3v) is 1.12. The van der Waals surface area contributed by atoms with Crippen molar-refractivity contribution in [2.24, 2.45) is 0 Å². The van der Waals surface area contributed by atoms with Gasteiger partial charge in [0.05, 0.1) is 0 Å². The van der Waals surface area contributed by atoms with Gasteiger partial charge in [-0.3, -0.25) is 6.29 Å². The first-order valence-corrected chi connectivity index (χ1v) is 2.82. The second-order valence-electron chi connectivity index (χ2n) is 1.81. The van der Waals surface area contributed by atoms with Crippen molar-refractivity contribution < 1.29 is 37.5 Å². The van der Waals surface area contributed by atoms with E-state index >= 15 is 0 Å². The molecule has 1 rings (SSSR count). The molecular formula is C9H10OY-2. The normalized spacial score (nSPS) is 7.27. The van der Waals surface area contributed by atoms with Gasteiger partial charge in [0.25, 0.3) is 0 Å². The molecule has 1 aromatic carbocycles. The molecule has 0 aromatic heterocycles. The Morgan fingerprint density at radius 2 is 1.73 bits per heavy atom. The summed E-state index contributed by atoms with van der Waals surface area (Å²) >= 11 is 0. The van der Waals surface area contributed by atoms with Gasteiger partial charge < -0.3 is 12.2 Å². The van der Waals surface area contributed by atoms with Crippen molar-refractivity contribution in [2.75, 3.05) is 0 Å². The predicted octanol–water partition coefficient (Wildman–Crippen LogP) is 1.79. The molecule has 0 aliphatic heterocycles. The Labute approximate surface area is 93.1 Å². The van der Waals surface area contributed by atoms with Gasteiger partial charge in [-0.15, -0.1) is 6.42 Å². The van der Waals surface area contributed by atoms with Gasteiger partial charge in [0, 0.05) is 32.7 Å². The minimum absolute atomic E-state index is 0. The third-order valence-electron chi connectivity index (χ3n) is 1.12. The van der Waals surface area contributed by atoms with Gasteiger partial charge in [-0.05, 0) is 0 Å². The molecule has 0 saturated heterocycles. The van der Waals surface area contributed by atoms with Crippen LogP contribution in [0.15, 0.2) is 30.3 Å². The summed E-state index contributed by atoms with van der Waals surface area (Å²) in [5.41, 5.74) is 1.02. The third kappa shape index (κ3) is 5.28. The molecule has 0 aliphatic carbocycles. The number of hydrogen-bond donors (Lipinski definition) is 0. The first-order chi connectivity index (χ1) is 4.43. The predicted molar refractivity (Wildman–Crippen MR) is 42.3 cm³/mol. The van der Waals surface area contributed by atoms with Crippen LogP contribution in [-0.4, -0.2) is 6.29 Å². The molecule has 0 spiro atoms. The van der Waals surface area contributed by atoms with Crippen LogP contribution in [0, 0.1) is 7.43 Å². The molecule has 0 N–H and O–H groups in total. The summed E-state index contributed by atoms with van der Waals surface area (Å²) in [6.07, 6.45) is 2.24. The molecule has 0 aliphatic rings. The summed E-state index contributed by atoms with van der Waals surface area (Å²) in [6.45, 7) is 0. The maximum absolute atomic E-state index is 9.85. The average Bonchev–Trinajstić information content (AvgIpc) is 1.91. The molecule has 11 heavy (non-hydrogen) atoms. The molecule has 0 unspecified atom stereocenters. The maximum atomic E-state index is 9.85. The number of benzene rings is 1.